The standard InChI is InChI=1S/C20H16N2O5/c1-2-11-3-5-16-13(7-11)15(23)9-18(27-16)20(25)21-12-4-6-17-14(8-12)22-19(24)10-26-17/h3-9H,2,10H2,1H3,(H,21,25)(H,22,24). The Labute approximate surface area is 153 Å². The molecule has 0 unspecified atom stereocenters. The van der Waals surface area contributed by atoms with Crippen molar-refractivity contribution in [2.75, 3.05) is 17.2 Å². The average molecular weight is 364 g/mol. The molecule has 2 N–H and O–H groups in total. The van der Waals surface area contributed by atoms with Gasteiger partial charge in [-0.3, -0.25) is 14.4 Å². The molecular formula is C20H16N2O5. The van der Waals surface area contributed by atoms with Crippen molar-refractivity contribution >= 4 is 34.2 Å². The molecule has 27 heavy (non-hydrogen) atoms. The molecule has 1 aliphatic heterocycles. The maximum atomic E-state index is 12.5. The van der Waals surface area contributed by atoms with Crippen molar-refractivity contribution in [3.63, 3.8) is 0 Å². The van der Waals surface area contributed by atoms with E-state index >= 15 is 0 Å². The summed E-state index contributed by atoms with van der Waals surface area (Å²) in [5.74, 6) is -0.388. The molecule has 0 fully saturated rings. The summed E-state index contributed by atoms with van der Waals surface area (Å²) in [6.45, 7) is 1.96. The minimum Gasteiger partial charge on any atom is -0.482 e. The zero-order valence-corrected chi connectivity index (χ0v) is 14.5. The second kappa shape index (κ2) is 6.60. The van der Waals surface area contributed by atoms with Crippen molar-refractivity contribution < 1.29 is 18.7 Å². The number of aryl methyl sites for hydroxylation is 1. The molecule has 136 valence electrons. The van der Waals surface area contributed by atoms with E-state index in [2.05, 4.69) is 10.6 Å². The molecule has 0 aliphatic carbocycles. The SMILES string of the molecule is CCc1ccc2oc(C(=O)Nc3ccc4c(c3)NC(=O)CO4)cc(=O)c2c1. The lowest BCUT2D eigenvalue weighted by Crippen LogP contribution is -2.25. The summed E-state index contributed by atoms with van der Waals surface area (Å²) in [5, 5.41) is 5.77. The molecule has 0 atom stereocenters. The Morgan fingerprint density at radius 1 is 1.15 bits per heavy atom. The number of carbonyl (C=O) groups excluding carboxylic acids is 2. The molecule has 0 saturated carbocycles. The maximum absolute atomic E-state index is 12.5. The van der Waals surface area contributed by atoms with E-state index in [0.717, 1.165) is 12.0 Å². The first-order chi connectivity index (χ1) is 13.0. The smallest absolute Gasteiger partial charge is 0.291 e. The number of hydrogen-bond acceptors (Lipinski definition) is 5. The van der Waals surface area contributed by atoms with Crippen molar-refractivity contribution in [1.82, 2.24) is 0 Å². The second-order valence-corrected chi connectivity index (χ2v) is 6.16. The number of amides is 2. The lowest BCUT2D eigenvalue weighted by Gasteiger charge is -2.18. The molecule has 2 aromatic carbocycles. The molecule has 4 rings (SSSR count). The summed E-state index contributed by atoms with van der Waals surface area (Å²) in [5.41, 5.74) is 2.01. The van der Waals surface area contributed by atoms with E-state index in [9.17, 15) is 14.4 Å². The van der Waals surface area contributed by atoms with Crippen LogP contribution in [0.3, 0.4) is 0 Å². The first-order valence-corrected chi connectivity index (χ1v) is 8.48. The van der Waals surface area contributed by atoms with Gasteiger partial charge in [-0.15, -0.1) is 0 Å². The predicted molar refractivity (Wildman–Crippen MR) is 100 cm³/mol. The third-order valence-corrected chi connectivity index (χ3v) is 4.29. The third kappa shape index (κ3) is 3.27. The topological polar surface area (TPSA) is 97.6 Å². The Hall–Kier alpha value is -3.61. The van der Waals surface area contributed by atoms with Crippen molar-refractivity contribution in [3.05, 3.63) is 64.0 Å². The summed E-state index contributed by atoms with van der Waals surface area (Å²) in [4.78, 5) is 36.3. The van der Waals surface area contributed by atoms with Gasteiger partial charge >= 0.3 is 0 Å². The molecule has 3 aromatic rings. The molecule has 0 bridgehead atoms. The van der Waals surface area contributed by atoms with E-state index in [1.54, 1.807) is 30.3 Å². The normalized spacial score (nSPS) is 12.9. The van der Waals surface area contributed by atoms with Crippen LogP contribution in [0.4, 0.5) is 11.4 Å². The number of carbonyl (C=O) groups is 2. The molecule has 0 saturated heterocycles. The van der Waals surface area contributed by atoms with Gasteiger partial charge in [0.15, 0.2) is 17.8 Å². The highest BCUT2D eigenvalue weighted by Crippen LogP contribution is 2.30. The van der Waals surface area contributed by atoms with Crippen molar-refractivity contribution in [2.45, 2.75) is 13.3 Å². The molecule has 7 nitrogen and oxygen atoms in total. The summed E-state index contributed by atoms with van der Waals surface area (Å²) in [7, 11) is 0. The van der Waals surface area contributed by atoms with E-state index in [4.69, 9.17) is 9.15 Å². The Kier molecular flexibility index (Phi) is 4.12. The van der Waals surface area contributed by atoms with Gasteiger partial charge in [0.25, 0.3) is 11.8 Å². The van der Waals surface area contributed by atoms with Crippen LogP contribution < -0.4 is 20.8 Å². The van der Waals surface area contributed by atoms with Gasteiger partial charge in [0.2, 0.25) is 0 Å². The number of ether oxygens (including phenoxy) is 1. The van der Waals surface area contributed by atoms with Gasteiger partial charge in [0, 0.05) is 11.8 Å². The Morgan fingerprint density at radius 2 is 2.00 bits per heavy atom. The highest BCUT2D eigenvalue weighted by Gasteiger charge is 2.18. The van der Waals surface area contributed by atoms with Crippen LogP contribution in [0.2, 0.25) is 0 Å². The van der Waals surface area contributed by atoms with Crippen LogP contribution in [0.1, 0.15) is 23.0 Å². The second-order valence-electron chi connectivity index (χ2n) is 6.16. The van der Waals surface area contributed by atoms with Crippen LogP contribution >= 0.6 is 0 Å². The highest BCUT2D eigenvalue weighted by molar-refractivity contribution is 6.04. The van der Waals surface area contributed by atoms with Crippen molar-refractivity contribution in [3.8, 4) is 5.75 Å². The number of anilines is 2. The molecular weight excluding hydrogens is 348 g/mol. The van der Waals surface area contributed by atoms with Crippen LogP contribution in [-0.2, 0) is 11.2 Å². The summed E-state index contributed by atoms with van der Waals surface area (Å²) in [6, 6.07) is 11.4. The Balaban J connectivity index is 1.62. The van der Waals surface area contributed by atoms with Gasteiger partial charge in [-0.05, 0) is 42.3 Å². The molecule has 0 spiro atoms. The van der Waals surface area contributed by atoms with Gasteiger partial charge < -0.3 is 19.8 Å². The van der Waals surface area contributed by atoms with E-state index in [1.807, 2.05) is 13.0 Å². The Bertz CT molecular complexity index is 1130. The van der Waals surface area contributed by atoms with Crippen LogP contribution in [-0.4, -0.2) is 18.4 Å². The van der Waals surface area contributed by atoms with Crippen LogP contribution in [0.15, 0.2) is 51.7 Å². The van der Waals surface area contributed by atoms with E-state index < -0.39 is 5.91 Å². The molecule has 2 heterocycles. The zero-order chi connectivity index (χ0) is 19.0. The van der Waals surface area contributed by atoms with E-state index in [-0.39, 0.29) is 23.7 Å². The summed E-state index contributed by atoms with van der Waals surface area (Å²) in [6.07, 6.45) is 0.802. The molecule has 7 heteroatoms. The number of benzene rings is 2. The van der Waals surface area contributed by atoms with Gasteiger partial charge in [0.1, 0.15) is 11.3 Å². The maximum Gasteiger partial charge on any atom is 0.291 e. The van der Waals surface area contributed by atoms with Gasteiger partial charge in [-0.1, -0.05) is 13.0 Å². The first-order valence-electron chi connectivity index (χ1n) is 8.48. The molecule has 0 radical (unpaired) electrons. The van der Waals surface area contributed by atoms with Crippen molar-refractivity contribution in [1.29, 1.82) is 0 Å². The first kappa shape index (κ1) is 16.8. The van der Waals surface area contributed by atoms with Crippen molar-refractivity contribution in [2.24, 2.45) is 0 Å². The quantitative estimate of drug-likeness (QED) is 0.745. The minimum atomic E-state index is -0.559. The number of hydrogen-bond donors (Lipinski definition) is 2. The molecule has 2 amide bonds. The fourth-order valence-corrected chi connectivity index (χ4v) is 2.89. The largest absolute Gasteiger partial charge is 0.482 e. The zero-order valence-electron chi connectivity index (χ0n) is 14.5. The monoisotopic (exact) mass is 364 g/mol. The Morgan fingerprint density at radius 3 is 2.81 bits per heavy atom. The predicted octanol–water partition coefficient (Wildman–Crippen LogP) is 2.94. The minimum absolute atomic E-state index is 0.0410. The van der Waals surface area contributed by atoms with E-state index in [0.29, 0.717) is 28.1 Å². The lowest BCUT2D eigenvalue weighted by molar-refractivity contribution is -0.118. The number of fused-ring (bicyclic) bond motifs is 2. The number of rotatable bonds is 3. The summed E-state index contributed by atoms with van der Waals surface area (Å²) >= 11 is 0. The van der Waals surface area contributed by atoms with E-state index in [1.165, 1.54) is 6.07 Å². The fourth-order valence-electron chi connectivity index (χ4n) is 2.89. The highest BCUT2D eigenvalue weighted by atomic mass is 16.5. The fraction of sp³-hybridized carbons (Fsp3) is 0.150. The molecule has 1 aromatic heterocycles. The van der Waals surface area contributed by atoms with Gasteiger partial charge in [0.05, 0.1) is 11.1 Å². The third-order valence-electron chi connectivity index (χ3n) is 4.29. The summed E-state index contributed by atoms with van der Waals surface area (Å²) < 4.78 is 10.9. The van der Waals surface area contributed by atoms with Crippen LogP contribution in [0.5, 0.6) is 5.75 Å². The van der Waals surface area contributed by atoms with Gasteiger partial charge in [-0.2, -0.15) is 0 Å². The lowest BCUT2D eigenvalue weighted by atomic mass is 10.1. The number of nitrogens with one attached hydrogen (secondary N) is 2. The van der Waals surface area contributed by atoms with Gasteiger partial charge in [-0.25, -0.2) is 0 Å². The molecule has 1 aliphatic rings. The van der Waals surface area contributed by atoms with Crippen LogP contribution in [0.25, 0.3) is 11.0 Å². The van der Waals surface area contributed by atoms with Crippen LogP contribution in [0, 0.1) is 0 Å². The average Bonchev–Trinajstić information content (AvgIpc) is 2.67.